The molecule has 0 N–H and O–H groups in total. The summed E-state index contributed by atoms with van der Waals surface area (Å²) in [5.41, 5.74) is 1.09. The summed E-state index contributed by atoms with van der Waals surface area (Å²) in [5, 5.41) is 0. The number of ether oxygens (including phenoxy) is 1. The Labute approximate surface area is 130 Å². The van der Waals surface area contributed by atoms with Crippen molar-refractivity contribution in [2.24, 2.45) is 0 Å². The van der Waals surface area contributed by atoms with Gasteiger partial charge < -0.3 is 14.5 Å². The molecule has 0 spiro atoms. The number of likely N-dealkylation sites (tertiary alicyclic amines) is 1. The summed E-state index contributed by atoms with van der Waals surface area (Å²) in [6.45, 7) is 4.02. The lowest BCUT2D eigenvalue weighted by Gasteiger charge is -2.37. The number of hydrogen-bond donors (Lipinski definition) is 0. The molecule has 2 aliphatic rings. The van der Waals surface area contributed by atoms with Gasteiger partial charge in [0.2, 0.25) is 11.8 Å². The predicted molar refractivity (Wildman–Crippen MR) is 82.1 cm³/mol. The highest BCUT2D eigenvalue weighted by Gasteiger charge is 2.31. The van der Waals surface area contributed by atoms with Crippen LogP contribution < -0.4 is 0 Å². The van der Waals surface area contributed by atoms with Crippen molar-refractivity contribution >= 4 is 11.8 Å². The number of rotatable bonds is 3. The van der Waals surface area contributed by atoms with Crippen LogP contribution in [0, 0.1) is 0 Å². The Hall–Kier alpha value is -1.88. The molecule has 5 heteroatoms. The molecule has 5 nitrogen and oxygen atoms in total. The first-order chi connectivity index (χ1) is 10.6. The van der Waals surface area contributed by atoms with E-state index in [9.17, 15) is 9.59 Å². The maximum atomic E-state index is 12.5. The summed E-state index contributed by atoms with van der Waals surface area (Å²) < 4.78 is 5.97. The fraction of sp³-hybridized carbons (Fsp3) is 0.529. The average Bonchev–Trinajstić information content (AvgIpc) is 2.92. The topological polar surface area (TPSA) is 49.9 Å². The van der Waals surface area contributed by atoms with E-state index in [0.717, 1.165) is 12.0 Å². The van der Waals surface area contributed by atoms with Crippen LogP contribution >= 0.6 is 0 Å². The van der Waals surface area contributed by atoms with Gasteiger partial charge in [-0.25, -0.2) is 0 Å². The summed E-state index contributed by atoms with van der Waals surface area (Å²) >= 11 is 0. The van der Waals surface area contributed by atoms with Gasteiger partial charge in [0.25, 0.3) is 0 Å². The molecule has 2 heterocycles. The molecule has 3 rings (SSSR count). The van der Waals surface area contributed by atoms with E-state index in [1.807, 2.05) is 42.2 Å². The van der Waals surface area contributed by atoms with E-state index >= 15 is 0 Å². The fourth-order valence-corrected chi connectivity index (χ4v) is 3.14. The van der Waals surface area contributed by atoms with E-state index in [0.29, 0.717) is 26.1 Å². The highest BCUT2D eigenvalue weighted by molar-refractivity contribution is 5.86. The van der Waals surface area contributed by atoms with E-state index in [1.54, 1.807) is 4.90 Å². The molecule has 118 valence electrons. The number of carbonyl (C=O) groups is 2. The number of hydrogen-bond acceptors (Lipinski definition) is 3. The van der Waals surface area contributed by atoms with Gasteiger partial charge in [-0.1, -0.05) is 30.3 Å². The van der Waals surface area contributed by atoms with Crippen LogP contribution in [0.3, 0.4) is 0 Å². The van der Waals surface area contributed by atoms with Crippen molar-refractivity contribution in [1.29, 1.82) is 0 Å². The highest BCUT2D eigenvalue weighted by Crippen LogP contribution is 2.25. The van der Waals surface area contributed by atoms with Gasteiger partial charge in [0.05, 0.1) is 19.2 Å². The third kappa shape index (κ3) is 3.30. The normalized spacial score (nSPS) is 25.6. The molecule has 0 bridgehead atoms. The summed E-state index contributed by atoms with van der Waals surface area (Å²) in [7, 11) is 0. The van der Waals surface area contributed by atoms with E-state index in [4.69, 9.17) is 4.74 Å². The van der Waals surface area contributed by atoms with Crippen LogP contribution in [0.15, 0.2) is 30.3 Å². The molecule has 2 unspecified atom stereocenters. The maximum Gasteiger partial charge on any atom is 0.242 e. The van der Waals surface area contributed by atoms with Crippen molar-refractivity contribution < 1.29 is 14.3 Å². The number of amides is 2. The Bertz CT molecular complexity index is 546. The third-order valence-electron chi connectivity index (χ3n) is 4.28. The van der Waals surface area contributed by atoms with E-state index in [-0.39, 0.29) is 30.6 Å². The monoisotopic (exact) mass is 302 g/mol. The van der Waals surface area contributed by atoms with Gasteiger partial charge in [0, 0.05) is 19.5 Å². The van der Waals surface area contributed by atoms with Gasteiger partial charge in [0.15, 0.2) is 0 Å². The summed E-state index contributed by atoms with van der Waals surface area (Å²) in [6, 6.07) is 9.97. The first-order valence-corrected chi connectivity index (χ1v) is 7.89. The van der Waals surface area contributed by atoms with Crippen molar-refractivity contribution in [3.05, 3.63) is 35.9 Å². The second-order valence-electron chi connectivity index (χ2n) is 6.06. The zero-order valence-electron chi connectivity index (χ0n) is 12.9. The van der Waals surface area contributed by atoms with Crippen LogP contribution in [0.25, 0.3) is 0 Å². The average molecular weight is 302 g/mol. The first kappa shape index (κ1) is 15.0. The molecule has 2 aliphatic heterocycles. The Morgan fingerprint density at radius 1 is 1.27 bits per heavy atom. The van der Waals surface area contributed by atoms with Crippen molar-refractivity contribution in [3.63, 3.8) is 0 Å². The maximum absolute atomic E-state index is 12.5. The molecule has 2 atom stereocenters. The molecule has 0 aromatic heterocycles. The van der Waals surface area contributed by atoms with Gasteiger partial charge in [-0.05, 0) is 18.9 Å². The second-order valence-corrected chi connectivity index (χ2v) is 6.06. The van der Waals surface area contributed by atoms with E-state index in [1.165, 1.54) is 0 Å². The third-order valence-corrected chi connectivity index (χ3v) is 4.28. The lowest BCUT2D eigenvalue weighted by Crippen LogP contribution is -2.49. The molecule has 0 radical (unpaired) electrons. The van der Waals surface area contributed by atoms with E-state index in [2.05, 4.69) is 0 Å². The predicted octanol–water partition coefficient (Wildman–Crippen LogP) is 1.60. The van der Waals surface area contributed by atoms with Gasteiger partial charge in [-0.15, -0.1) is 0 Å². The second kappa shape index (κ2) is 6.48. The van der Waals surface area contributed by atoms with Crippen molar-refractivity contribution in [1.82, 2.24) is 9.80 Å². The molecule has 22 heavy (non-hydrogen) atoms. The molecule has 0 aliphatic carbocycles. The Kier molecular flexibility index (Phi) is 4.43. The molecule has 1 aromatic carbocycles. The largest absolute Gasteiger partial charge is 0.367 e. The quantitative estimate of drug-likeness (QED) is 0.852. The summed E-state index contributed by atoms with van der Waals surface area (Å²) in [4.78, 5) is 27.7. The molecular formula is C17H22N2O3. The smallest absolute Gasteiger partial charge is 0.242 e. The Balaban J connectivity index is 1.65. The first-order valence-electron chi connectivity index (χ1n) is 7.89. The lowest BCUT2D eigenvalue weighted by molar-refractivity contribution is -0.148. The van der Waals surface area contributed by atoms with Crippen molar-refractivity contribution in [2.75, 3.05) is 26.2 Å². The van der Waals surface area contributed by atoms with Crippen LogP contribution in [0.5, 0.6) is 0 Å². The Morgan fingerprint density at radius 2 is 2.05 bits per heavy atom. The van der Waals surface area contributed by atoms with Crippen molar-refractivity contribution in [3.8, 4) is 0 Å². The molecule has 0 saturated carbocycles. The summed E-state index contributed by atoms with van der Waals surface area (Å²) in [5.74, 6) is 0.112. The van der Waals surface area contributed by atoms with Crippen LogP contribution in [0.2, 0.25) is 0 Å². The van der Waals surface area contributed by atoms with Crippen LogP contribution in [-0.4, -0.2) is 53.9 Å². The van der Waals surface area contributed by atoms with Gasteiger partial charge in [-0.2, -0.15) is 0 Å². The molecular weight excluding hydrogens is 280 g/mol. The number of carbonyl (C=O) groups excluding carboxylic acids is 2. The highest BCUT2D eigenvalue weighted by atomic mass is 16.5. The SMILES string of the molecule is CC1CN(C(=O)CN2CCCC2=O)CC(c2ccccc2)O1. The zero-order valence-corrected chi connectivity index (χ0v) is 12.9. The minimum Gasteiger partial charge on any atom is -0.367 e. The number of benzene rings is 1. The minimum atomic E-state index is -0.0943. The lowest BCUT2D eigenvalue weighted by atomic mass is 10.1. The molecule has 2 fully saturated rings. The van der Waals surface area contributed by atoms with Crippen LogP contribution in [0.1, 0.15) is 31.4 Å². The van der Waals surface area contributed by atoms with Crippen molar-refractivity contribution in [2.45, 2.75) is 32.0 Å². The van der Waals surface area contributed by atoms with Gasteiger partial charge in [0.1, 0.15) is 6.10 Å². The number of morpholine rings is 1. The summed E-state index contributed by atoms with van der Waals surface area (Å²) in [6.07, 6.45) is 1.33. The molecule has 2 amide bonds. The fourth-order valence-electron chi connectivity index (χ4n) is 3.14. The van der Waals surface area contributed by atoms with Gasteiger partial charge in [-0.3, -0.25) is 9.59 Å². The zero-order chi connectivity index (χ0) is 15.5. The minimum absolute atomic E-state index is 0.00261. The van der Waals surface area contributed by atoms with Crippen LogP contribution in [-0.2, 0) is 14.3 Å². The molecule has 1 aromatic rings. The van der Waals surface area contributed by atoms with E-state index < -0.39 is 0 Å². The van der Waals surface area contributed by atoms with Crippen LogP contribution in [0.4, 0.5) is 0 Å². The van der Waals surface area contributed by atoms with Gasteiger partial charge >= 0.3 is 0 Å². The number of nitrogens with zero attached hydrogens (tertiary/aromatic N) is 2. The standard InChI is InChI=1S/C17H22N2O3/c1-13-10-19(17(21)12-18-9-5-8-16(18)20)11-15(22-13)14-6-3-2-4-7-14/h2-4,6-7,13,15H,5,8-12H2,1H3. The Morgan fingerprint density at radius 3 is 2.73 bits per heavy atom. The molecule has 2 saturated heterocycles.